The zero-order valence-electron chi connectivity index (χ0n) is 11.8. The van der Waals surface area contributed by atoms with Crippen molar-refractivity contribution < 1.29 is 9.53 Å². The number of aliphatic imine (C=N–C) groups is 1. The van der Waals surface area contributed by atoms with Gasteiger partial charge >= 0.3 is 0 Å². The van der Waals surface area contributed by atoms with Gasteiger partial charge in [-0.05, 0) is 36.5 Å². The smallest absolute Gasteiger partial charge is 0.278 e. The van der Waals surface area contributed by atoms with Gasteiger partial charge in [-0.3, -0.25) is 4.79 Å². The molecule has 1 aromatic rings. The van der Waals surface area contributed by atoms with Gasteiger partial charge in [-0.2, -0.15) is 4.99 Å². The predicted molar refractivity (Wildman–Crippen MR) is 83.4 cm³/mol. The zero-order valence-corrected chi connectivity index (χ0v) is 13.4. The average molecular weight is 339 g/mol. The highest BCUT2D eigenvalue weighted by Crippen LogP contribution is 2.31. The van der Waals surface area contributed by atoms with Crippen LogP contribution >= 0.6 is 15.9 Å². The molecule has 108 valence electrons. The summed E-state index contributed by atoms with van der Waals surface area (Å²) in [5, 5.41) is 0. The second-order valence-corrected chi connectivity index (χ2v) is 6.05. The Morgan fingerprint density at radius 3 is 2.75 bits per heavy atom. The van der Waals surface area contributed by atoms with Gasteiger partial charge in [-0.1, -0.05) is 22.0 Å². The Hall–Kier alpha value is -1.20. The van der Waals surface area contributed by atoms with E-state index < -0.39 is 0 Å². The lowest BCUT2D eigenvalue weighted by Crippen LogP contribution is -2.17. The number of halogens is 1. The van der Waals surface area contributed by atoms with Gasteiger partial charge in [0.05, 0.1) is 6.34 Å². The molecule has 1 heterocycles. The fraction of sp³-hybridized carbons (Fsp3) is 0.467. The van der Waals surface area contributed by atoms with Crippen molar-refractivity contribution in [1.82, 2.24) is 4.90 Å². The third-order valence-electron chi connectivity index (χ3n) is 3.31. The summed E-state index contributed by atoms with van der Waals surface area (Å²) < 4.78 is 6.29. The van der Waals surface area contributed by atoms with E-state index in [1.165, 1.54) is 6.34 Å². The molecule has 0 N–H and O–H groups in total. The summed E-state index contributed by atoms with van der Waals surface area (Å²) in [5.74, 6) is 0.187. The molecule has 0 atom stereocenters. The van der Waals surface area contributed by atoms with Gasteiger partial charge in [0, 0.05) is 37.3 Å². The summed E-state index contributed by atoms with van der Waals surface area (Å²) in [5.41, 5.74) is 1.77. The summed E-state index contributed by atoms with van der Waals surface area (Å²) >= 11 is 3.43. The van der Waals surface area contributed by atoms with Crippen LogP contribution in [0.25, 0.3) is 0 Å². The minimum atomic E-state index is -0.193. The lowest BCUT2D eigenvalue weighted by molar-refractivity contribution is 0.0845. The Labute approximate surface area is 128 Å². The van der Waals surface area contributed by atoms with E-state index in [2.05, 4.69) is 20.9 Å². The number of ether oxygens (including phenoxy) is 1. The van der Waals surface area contributed by atoms with Gasteiger partial charge in [0.25, 0.3) is 5.91 Å². The first-order chi connectivity index (χ1) is 9.58. The molecule has 4 nitrogen and oxygen atoms in total. The first kappa shape index (κ1) is 15.2. The van der Waals surface area contributed by atoms with Gasteiger partial charge < -0.3 is 9.64 Å². The average Bonchev–Trinajstić information content (AvgIpc) is 2.45. The van der Waals surface area contributed by atoms with Crippen molar-refractivity contribution in [1.29, 1.82) is 0 Å². The van der Waals surface area contributed by atoms with Crippen molar-refractivity contribution in [3.63, 3.8) is 0 Å². The Morgan fingerprint density at radius 1 is 1.40 bits per heavy atom. The topological polar surface area (TPSA) is 41.9 Å². The lowest BCUT2D eigenvalue weighted by Gasteiger charge is -2.24. The van der Waals surface area contributed by atoms with Crippen LogP contribution in [0.5, 0.6) is 0 Å². The van der Waals surface area contributed by atoms with E-state index in [1.54, 1.807) is 4.90 Å². The maximum absolute atomic E-state index is 12.3. The van der Waals surface area contributed by atoms with Crippen molar-refractivity contribution in [3.8, 4) is 0 Å². The second kappa shape index (κ2) is 6.99. The fourth-order valence-corrected chi connectivity index (χ4v) is 2.68. The van der Waals surface area contributed by atoms with Crippen molar-refractivity contribution in [2.24, 2.45) is 4.99 Å². The van der Waals surface area contributed by atoms with Crippen molar-refractivity contribution in [3.05, 3.63) is 33.8 Å². The molecule has 0 aromatic heterocycles. The number of carbonyl (C=O) groups excluding carboxylic acids is 1. The van der Waals surface area contributed by atoms with E-state index in [9.17, 15) is 4.79 Å². The van der Waals surface area contributed by atoms with E-state index in [-0.39, 0.29) is 5.91 Å². The Morgan fingerprint density at radius 2 is 2.10 bits per heavy atom. The molecule has 2 rings (SSSR count). The largest absolute Gasteiger partial charge is 0.381 e. The molecular weight excluding hydrogens is 320 g/mol. The van der Waals surface area contributed by atoms with Crippen LogP contribution in [0, 0.1) is 0 Å². The van der Waals surface area contributed by atoms with Crippen molar-refractivity contribution in [2.45, 2.75) is 18.8 Å². The molecule has 1 amide bonds. The highest BCUT2D eigenvalue weighted by molar-refractivity contribution is 9.10. The first-order valence-corrected chi connectivity index (χ1v) is 7.49. The van der Waals surface area contributed by atoms with Crippen LogP contribution < -0.4 is 0 Å². The van der Waals surface area contributed by atoms with E-state index in [4.69, 9.17) is 4.74 Å². The van der Waals surface area contributed by atoms with E-state index >= 15 is 0 Å². The molecular formula is C15H19BrN2O2. The molecule has 20 heavy (non-hydrogen) atoms. The summed E-state index contributed by atoms with van der Waals surface area (Å²) in [6.07, 6.45) is 3.45. The first-order valence-electron chi connectivity index (χ1n) is 6.70. The summed E-state index contributed by atoms with van der Waals surface area (Å²) in [6, 6.07) is 5.87. The minimum absolute atomic E-state index is 0.193. The van der Waals surface area contributed by atoms with Crippen LogP contribution in [-0.4, -0.2) is 44.5 Å². The molecule has 0 unspecified atom stereocenters. The van der Waals surface area contributed by atoms with E-state index in [0.717, 1.165) is 36.1 Å². The number of carbonyl (C=O) groups is 1. The van der Waals surface area contributed by atoms with Crippen LogP contribution in [0.1, 0.15) is 34.7 Å². The number of rotatable bonds is 3. The molecule has 1 aromatic carbocycles. The second-order valence-electron chi connectivity index (χ2n) is 5.13. The zero-order chi connectivity index (χ0) is 14.5. The number of amides is 1. The molecule has 1 aliphatic heterocycles. The normalized spacial score (nSPS) is 16.6. The highest BCUT2D eigenvalue weighted by atomic mass is 79.9. The number of hydrogen-bond acceptors (Lipinski definition) is 2. The fourth-order valence-electron chi connectivity index (χ4n) is 2.32. The predicted octanol–water partition coefficient (Wildman–Crippen LogP) is 3.07. The number of nitrogens with zero attached hydrogens (tertiary/aromatic N) is 2. The third kappa shape index (κ3) is 3.90. The summed E-state index contributed by atoms with van der Waals surface area (Å²) in [4.78, 5) is 18.0. The summed E-state index contributed by atoms with van der Waals surface area (Å²) in [6.45, 7) is 1.52. The Bertz CT molecular complexity index is 509. The minimum Gasteiger partial charge on any atom is -0.381 e. The maximum atomic E-state index is 12.3. The van der Waals surface area contributed by atoms with Gasteiger partial charge in [0.15, 0.2) is 0 Å². The lowest BCUT2D eigenvalue weighted by atomic mass is 9.88. The van der Waals surface area contributed by atoms with Crippen LogP contribution in [0.2, 0.25) is 0 Å². The van der Waals surface area contributed by atoms with Crippen LogP contribution in [0.3, 0.4) is 0 Å². The molecule has 0 radical (unpaired) electrons. The quantitative estimate of drug-likeness (QED) is 0.628. The van der Waals surface area contributed by atoms with Crippen molar-refractivity contribution >= 4 is 28.2 Å². The molecule has 1 fully saturated rings. The maximum Gasteiger partial charge on any atom is 0.278 e. The molecule has 1 aliphatic rings. The van der Waals surface area contributed by atoms with Gasteiger partial charge in [-0.25, -0.2) is 0 Å². The van der Waals surface area contributed by atoms with Crippen LogP contribution in [0.4, 0.5) is 0 Å². The number of benzene rings is 1. The molecule has 1 saturated heterocycles. The van der Waals surface area contributed by atoms with E-state index in [0.29, 0.717) is 11.5 Å². The van der Waals surface area contributed by atoms with Gasteiger partial charge in [0.2, 0.25) is 0 Å². The van der Waals surface area contributed by atoms with Gasteiger partial charge in [0.1, 0.15) is 0 Å². The number of hydrogen-bond donors (Lipinski definition) is 0. The Kier molecular flexibility index (Phi) is 5.31. The Balaban J connectivity index is 2.30. The monoisotopic (exact) mass is 338 g/mol. The molecule has 5 heteroatoms. The highest BCUT2D eigenvalue weighted by Gasteiger charge is 2.21. The summed E-state index contributed by atoms with van der Waals surface area (Å²) in [7, 11) is 3.69. The van der Waals surface area contributed by atoms with Crippen LogP contribution in [0.15, 0.2) is 27.7 Å². The standard InChI is InChI=1S/C15H19BrN2O2/c1-18(2)10-17-15(19)14-9-12(16)3-4-13(14)11-5-7-20-8-6-11/h3-4,9-11H,5-8H2,1-2H3/b17-10+. The van der Waals surface area contributed by atoms with Crippen LogP contribution in [-0.2, 0) is 4.74 Å². The molecule has 0 saturated carbocycles. The SMILES string of the molecule is CN(C)/C=N/C(=O)c1cc(Br)ccc1C1CCOCC1. The van der Waals surface area contributed by atoms with Gasteiger partial charge in [-0.15, -0.1) is 0 Å². The van der Waals surface area contributed by atoms with Crippen molar-refractivity contribution in [2.75, 3.05) is 27.3 Å². The third-order valence-corrected chi connectivity index (χ3v) is 3.81. The molecule has 0 aliphatic carbocycles. The van der Waals surface area contributed by atoms with E-state index in [1.807, 2.05) is 32.3 Å². The molecule has 0 bridgehead atoms. The molecule has 0 spiro atoms.